The Labute approximate surface area is 116 Å². The van der Waals surface area contributed by atoms with Crippen molar-refractivity contribution in [1.82, 2.24) is 0 Å². The second kappa shape index (κ2) is 4.48. The van der Waals surface area contributed by atoms with Crippen LogP contribution in [0.25, 0.3) is 0 Å². The summed E-state index contributed by atoms with van der Waals surface area (Å²) in [5.41, 5.74) is 3.80. The van der Waals surface area contributed by atoms with Crippen LogP contribution in [0.1, 0.15) is 11.1 Å². The number of fused-ring (bicyclic) bond motifs is 2. The smallest absolute Gasteiger partial charge is 0.113 e. The molecule has 0 bridgehead atoms. The molecule has 0 atom stereocenters. The SMILES string of the molecule is S=C1Nc2ccccc2C(=S)Nc2ccccc21. The minimum Gasteiger partial charge on any atom is -0.345 e. The molecule has 88 valence electrons. The van der Waals surface area contributed by atoms with Crippen LogP contribution >= 0.6 is 24.4 Å². The van der Waals surface area contributed by atoms with Crippen LogP contribution in [-0.4, -0.2) is 9.98 Å². The van der Waals surface area contributed by atoms with Gasteiger partial charge in [0.1, 0.15) is 9.98 Å². The van der Waals surface area contributed by atoms with E-state index in [2.05, 4.69) is 10.6 Å². The summed E-state index contributed by atoms with van der Waals surface area (Å²) < 4.78 is 0. The summed E-state index contributed by atoms with van der Waals surface area (Å²) in [6, 6.07) is 15.8. The summed E-state index contributed by atoms with van der Waals surface area (Å²) >= 11 is 10.9. The summed E-state index contributed by atoms with van der Waals surface area (Å²) in [6.45, 7) is 0. The van der Waals surface area contributed by atoms with E-state index in [9.17, 15) is 0 Å². The van der Waals surface area contributed by atoms with Gasteiger partial charge in [-0.3, -0.25) is 0 Å². The molecule has 2 nitrogen and oxygen atoms in total. The zero-order chi connectivity index (χ0) is 12.5. The lowest BCUT2D eigenvalue weighted by Gasteiger charge is -2.21. The number of benzene rings is 2. The Kier molecular flexibility index (Phi) is 2.81. The topological polar surface area (TPSA) is 24.1 Å². The summed E-state index contributed by atoms with van der Waals surface area (Å²) in [4.78, 5) is 1.40. The molecule has 18 heavy (non-hydrogen) atoms. The predicted molar refractivity (Wildman–Crippen MR) is 83.5 cm³/mol. The lowest BCUT2D eigenvalue weighted by atomic mass is 10.1. The third kappa shape index (κ3) is 1.89. The standard InChI is InChI=1S/C14H10N2S2/c17-13-9-5-1-3-7-11(9)15-14(18)10-6-2-4-8-12(10)16-13/h1-8H,(H,15,18)(H,16,17). The van der Waals surface area contributed by atoms with Gasteiger partial charge in [0.15, 0.2) is 0 Å². The first-order chi connectivity index (χ1) is 8.75. The lowest BCUT2D eigenvalue weighted by Crippen LogP contribution is -2.22. The van der Waals surface area contributed by atoms with Crippen LogP contribution in [-0.2, 0) is 0 Å². The zero-order valence-corrected chi connectivity index (χ0v) is 11.1. The highest BCUT2D eigenvalue weighted by molar-refractivity contribution is 7.81. The van der Waals surface area contributed by atoms with Gasteiger partial charge in [-0.25, -0.2) is 0 Å². The molecule has 3 rings (SSSR count). The highest BCUT2D eigenvalue weighted by Gasteiger charge is 2.16. The highest BCUT2D eigenvalue weighted by atomic mass is 32.1. The lowest BCUT2D eigenvalue weighted by molar-refractivity contribution is 1.53. The van der Waals surface area contributed by atoms with Gasteiger partial charge in [-0.2, -0.15) is 0 Å². The number of thiocarbonyl (C=S) groups is 2. The minimum atomic E-state index is 0.702. The van der Waals surface area contributed by atoms with Crippen LogP contribution in [0.2, 0.25) is 0 Å². The second-order valence-corrected chi connectivity index (χ2v) is 4.82. The van der Waals surface area contributed by atoms with Gasteiger partial charge in [-0.1, -0.05) is 48.7 Å². The Balaban J connectivity index is 2.15. The van der Waals surface area contributed by atoms with Gasteiger partial charge in [-0.05, 0) is 24.3 Å². The third-order valence-corrected chi connectivity index (χ3v) is 3.48. The summed E-state index contributed by atoms with van der Waals surface area (Å²) in [6.07, 6.45) is 0. The van der Waals surface area contributed by atoms with Gasteiger partial charge >= 0.3 is 0 Å². The first kappa shape index (κ1) is 11.3. The highest BCUT2D eigenvalue weighted by Crippen LogP contribution is 2.25. The van der Waals surface area contributed by atoms with Crippen LogP contribution in [0.3, 0.4) is 0 Å². The molecule has 1 aliphatic heterocycles. The van der Waals surface area contributed by atoms with Crippen molar-refractivity contribution in [3.63, 3.8) is 0 Å². The molecule has 1 heterocycles. The molecule has 0 fully saturated rings. The van der Waals surface area contributed by atoms with Crippen molar-refractivity contribution >= 4 is 45.8 Å². The molecule has 0 unspecified atom stereocenters. The predicted octanol–water partition coefficient (Wildman–Crippen LogP) is 3.58. The van der Waals surface area contributed by atoms with E-state index < -0.39 is 0 Å². The van der Waals surface area contributed by atoms with Crippen molar-refractivity contribution in [3.8, 4) is 0 Å². The second-order valence-electron chi connectivity index (χ2n) is 4.00. The molecule has 2 aromatic rings. The molecule has 0 aromatic heterocycles. The molecular weight excluding hydrogens is 260 g/mol. The van der Waals surface area contributed by atoms with Gasteiger partial charge in [-0.15, -0.1) is 0 Å². The summed E-state index contributed by atoms with van der Waals surface area (Å²) in [7, 11) is 0. The fraction of sp³-hybridized carbons (Fsp3) is 0. The zero-order valence-electron chi connectivity index (χ0n) is 9.44. The van der Waals surface area contributed by atoms with Crippen molar-refractivity contribution in [3.05, 3.63) is 59.7 Å². The maximum Gasteiger partial charge on any atom is 0.113 e. The van der Waals surface area contributed by atoms with Crippen LogP contribution < -0.4 is 10.6 Å². The van der Waals surface area contributed by atoms with E-state index in [1.165, 1.54) is 0 Å². The molecule has 0 aliphatic carbocycles. The Hall–Kier alpha value is -1.78. The Morgan fingerprint density at radius 3 is 1.44 bits per heavy atom. The first-order valence-corrected chi connectivity index (χ1v) is 6.38. The third-order valence-electron chi connectivity index (χ3n) is 2.84. The van der Waals surface area contributed by atoms with Crippen molar-refractivity contribution in [2.75, 3.05) is 10.6 Å². The quantitative estimate of drug-likeness (QED) is 0.715. The van der Waals surface area contributed by atoms with E-state index in [1.54, 1.807) is 0 Å². The van der Waals surface area contributed by atoms with Gasteiger partial charge in [0.25, 0.3) is 0 Å². The van der Waals surface area contributed by atoms with Crippen LogP contribution in [0, 0.1) is 0 Å². The monoisotopic (exact) mass is 270 g/mol. The molecule has 0 radical (unpaired) electrons. The van der Waals surface area contributed by atoms with Crippen molar-refractivity contribution in [1.29, 1.82) is 0 Å². The molecule has 2 aromatic carbocycles. The normalized spacial score (nSPS) is 13.6. The number of rotatable bonds is 0. The molecule has 4 heteroatoms. The largest absolute Gasteiger partial charge is 0.345 e. The Morgan fingerprint density at radius 2 is 1.00 bits per heavy atom. The van der Waals surface area contributed by atoms with E-state index in [0.29, 0.717) is 9.98 Å². The van der Waals surface area contributed by atoms with Crippen molar-refractivity contribution < 1.29 is 0 Å². The molecule has 0 saturated heterocycles. The van der Waals surface area contributed by atoms with E-state index in [0.717, 1.165) is 22.5 Å². The molecule has 1 aliphatic rings. The molecule has 2 N–H and O–H groups in total. The maximum absolute atomic E-state index is 5.43. The van der Waals surface area contributed by atoms with Crippen LogP contribution in [0.15, 0.2) is 48.5 Å². The number of hydrogen-bond donors (Lipinski definition) is 2. The molecule has 0 spiro atoms. The fourth-order valence-corrected chi connectivity index (χ4v) is 2.54. The van der Waals surface area contributed by atoms with E-state index in [1.807, 2.05) is 48.5 Å². The maximum atomic E-state index is 5.43. The van der Waals surface area contributed by atoms with Gasteiger partial charge in [0, 0.05) is 22.5 Å². The van der Waals surface area contributed by atoms with Gasteiger partial charge in [0.05, 0.1) is 0 Å². The van der Waals surface area contributed by atoms with Gasteiger partial charge < -0.3 is 10.6 Å². The number of anilines is 2. The average Bonchev–Trinajstić information content (AvgIpc) is 2.38. The number of para-hydroxylation sites is 2. The summed E-state index contributed by atoms with van der Waals surface area (Å²) in [5.74, 6) is 0. The van der Waals surface area contributed by atoms with Crippen LogP contribution in [0.4, 0.5) is 11.4 Å². The number of hydrogen-bond acceptors (Lipinski definition) is 2. The van der Waals surface area contributed by atoms with Crippen molar-refractivity contribution in [2.45, 2.75) is 0 Å². The molecule has 0 amide bonds. The van der Waals surface area contributed by atoms with Gasteiger partial charge in [0.2, 0.25) is 0 Å². The van der Waals surface area contributed by atoms with E-state index >= 15 is 0 Å². The van der Waals surface area contributed by atoms with E-state index in [4.69, 9.17) is 24.4 Å². The molecular formula is C14H10N2S2. The van der Waals surface area contributed by atoms with Crippen LogP contribution in [0.5, 0.6) is 0 Å². The summed E-state index contributed by atoms with van der Waals surface area (Å²) in [5, 5.41) is 6.51. The minimum absolute atomic E-state index is 0.702. The number of nitrogens with one attached hydrogen (secondary N) is 2. The first-order valence-electron chi connectivity index (χ1n) is 5.56. The van der Waals surface area contributed by atoms with Crippen molar-refractivity contribution in [2.24, 2.45) is 0 Å². The Morgan fingerprint density at radius 1 is 0.611 bits per heavy atom. The average molecular weight is 270 g/mol. The fourth-order valence-electron chi connectivity index (χ4n) is 1.96. The Bertz CT molecular complexity index is 592. The molecule has 0 saturated carbocycles. The van der Waals surface area contributed by atoms with E-state index in [-0.39, 0.29) is 0 Å².